The Kier molecular flexibility index (Phi) is 7.89. The predicted molar refractivity (Wildman–Crippen MR) is 116 cm³/mol. The first kappa shape index (κ1) is 21.7. The fourth-order valence-electron chi connectivity index (χ4n) is 4.74. The first-order valence-electron chi connectivity index (χ1n) is 10.8. The van der Waals surface area contributed by atoms with Gasteiger partial charge in [0.15, 0.2) is 0 Å². The molecule has 0 amide bonds. The number of nitro groups is 1. The number of nitro benzene ring substituents is 1. The van der Waals surface area contributed by atoms with Gasteiger partial charge in [0.2, 0.25) is 0 Å². The Morgan fingerprint density at radius 2 is 1.86 bits per heavy atom. The van der Waals surface area contributed by atoms with Gasteiger partial charge in [-0.3, -0.25) is 10.1 Å². The molecule has 0 aromatic heterocycles. The maximum Gasteiger partial charge on any atom is 0.272 e. The van der Waals surface area contributed by atoms with Gasteiger partial charge in [-0.1, -0.05) is 22.9 Å². The van der Waals surface area contributed by atoms with Crippen LogP contribution in [0, 0.1) is 23.0 Å². The molecular formula is C22H33BrN2O3. The van der Waals surface area contributed by atoms with E-state index in [-0.39, 0.29) is 10.6 Å². The molecule has 28 heavy (non-hydrogen) atoms. The van der Waals surface area contributed by atoms with Gasteiger partial charge < -0.3 is 9.64 Å². The number of halogens is 1. The Hall–Kier alpha value is -0.980. The molecule has 156 valence electrons. The number of likely N-dealkylation sites (tertiary alicyclic amines) is 1. The van der Waals surface area contributed by atoms with Crippen LogP contribution < -0.4 is 0 Å². The monoisotopic (exact) mass is 452 g/mol. The van der Waals surface area contributed by atoms with Gasteiger partial charge in [0.1, 0.15) is 0 Å². The minimum absolute atomic E-state index is 0.233. The lowest BCUT2D eigenvalue weighted by Crippen LogP contribution is -2.44. The predicted octanol–water partition coefficient (Wildman–Crippen LogP) is 5.66. The Balaban J connectivity index is 1.50. The second-order valence-electron chi connectivity index (χ2n) is 8.47. The fourth-order valence-corrected chi connectivity index (χ4v) is 5.13. The van der Waals surface area contributed by atoms with Crippen LogP contribution in [-0.4, -0.2) is 41.7 Å². The summed E-state index contributed by atoms with van der Waals surface area (Å²) in [5.74, 6) is 0.536. The van der Waals surface area contributed by atoms with E-state index in [1.807, 2.05) is 13.0 Å². The molecule has 0 atom stereocenters. The van der Waals surface area contributed by atoms with E-state index in [1.165, 1.54) is 25.7 Å². The van der Waals surface area contributed by atoms with Crippen LogP contribution in [0.2, 0.25) is 0 Å². The third-order valence-electron chi connectivity index (χ3n) is 6.43. The fraction of sp³-hybridized carbons (Fsp3) is 0.727. The highest BCUT2D eigenvalue weighted by molar-refractivity contribution is 9.10. The van der Waals surface area contributed by atoms with Crippen LogP contribution in [0.3, 0.4) is 0 Å². The molecule has 5 nitrogen and oxygen atoms in total. The van der Waals surface area contributed by atoms with Crippen molar-refractivity contribution in [3.05, 3.63) is 37.8 Å². The maximum absolute atomic E-state index is 11.4. The molecule has 1 heterocycles. The van der Waals surface area contributed by atoms with Crippen molar-refractivity contribution in [2.45, 2.75) is 77.4 Å². The molecule has 2 aliphatic rings. The number of aryl methyl sites for hydroxylation is 1. The molecule has 0 bridgehead atoms. The molecule has 0 radical (unpaired) electrons. The number of hydrogen-bond acceptors (Lipinski definition) is 4. The van der Waals surface area contributed by atoms with Crippen molar-refractivity contribution in [2.24, 2.45) is 5.92 Å². The van der Waals surface area contributed by atoms with Gasteiger partial charge in [0.25, 0.3) is 5.69 Å². The zero-order valence-electron chi connectivity index (χ0n) is 17.2. The van der Waals surface area contributed by atoms with E-state index in [0.717, 1.165) is 61.0 Å². The molecule has 2 fully saturated rings. The zero-order valence-corrected chi connectivity index (χ0v) is 18.7. The third-order valence-corrected chi connectivity index (χ3v) is 7.29. The highest BCUT2D eigenvalue weighted by Crippen LogP contribution is 2.33. The summed E-state index contributed by atoms with van der Waals surface area (Å²) in [5.41, 5.74) is 2.06. The molecule has 1 aromatic rings. The maximum atomic E-state index is 11.4. The normalized spacial score (nSPS) is 24.4. The van der Waals surface area contributed by atoms with Crippen LogP contribution in [-0.2, 0) is 11.2 Å². The van der Waals surface area contributed by atoms with Crippen molar-refractivity contribution in [2.75, 3.05) is 19.7 Å². The Bertz CT molecular complexity index is 666. The molecule has 1 saturated carbocycles. The van der Waals surface area contributed by atoms with Gasteiger partial charge in [-0.25, -0.2) is 0 Å². The van der Waals surface area contributed by atoms with Gasteiger partial charge in [0.05, 0.1) is 11.0 Å². The molecule has 3 rings (SSSR count). The Morgan fingerprint density at radius 3 is 2.46 bits per heavy atom. The quantitative estimate of drug-likeness (QED) is 0.395. The number of piperidine rings is 1. The molecule has 1 aliphatic carbocycles. The summed E-state index contributed by atoms with van der Waals surface area (Å²) < 4.78 is 6.89. The third kappa shape index (κ3) is 5.55. The van der Waals surface area contributed by atoms with E-state index >= 15 is 0 Å². The first-order chi connectivity index (χ1) is 13.5. The van der Waals surface area contributed by atoms with Crippen LogP contribution in [0.25, 0.3) is 0 Å². The largest absolute Gasteiger partial charge is 0.378 e. The van der Waals surface area contributed by atoms with Crippen LogP contribution in [0.1, 0.15) is 63.0 Å². The lowest BCUT2D eigenvalue weighted by Gasteiger charge is -2.40. The number of nitrogens with zero attached hydrogens (tertiary/aromatic N) is 2. The van der Waals surface area contributed by atoms with Crippen molar-refractivity contribution >= 4 is 21.6 Å². The van der Waals surface area contributed by atoms with Gasteiger partial charge in [-0.2, -0.15) is 0 Å². The molecule has 1 aliphatic heterocycles. The van der Waals surface area contributed by atoms with E-state index < -0.39 is 0 Å². The summed E-state index contributed by atoms with van der Waals surface area (Å²) in [5, 5.41) is 11.4. The molecule has 1 saturated heterocycles. The van der Waals surface area contributed by atoms with E-state index in [1.54, 1.807) is 6.07 Å². The number of hydrogen-bond donors (Lipinski definition) is 0. The molecule has 1 aromatic carbocycles. The Labute approximate surface area is 177 Å². The number of ether oxygens (including phenoxy) is 1. The summed E-state index contributed by atoms with van der Waals surface area (Å²) in [6.07, 6.45) is 9.51. The minimum Gasteiger partial charge on any atom is -0.378 e. The van der Waals surface area contributed by atoms with Crippen LogP contribution in [0.4, 0.5) is 5.69 Å². The lowest BCUT2D eigenvalue weighted by molar-refractivity contribution is -0.385. The van der Waals surface area contributed by atoms with Crippen LogP contribution in [0.15, 0.2) is 16.6 Å². The van der Waals surface area contributed by atoms with Gasteiger partial charge in [-0.15, -0.1) is 0 Å². The standard InChI is InChI=1S/C22H33BrN2O3/c1-3-12-28-20-6-4-19(5-7-20)24-10-8-17(9-11-24)14-18-15-21(23)16(2)13-22(18)25(26)27/h13,15,17,19-20H,3-12,14H2,1-2H3. The molecule has 6 heteroatoms. The van der Waals surface area contributed by atoms with Crippen molar-refractivity contribution in [1.82, 2.24) is 4.90 Å². The smallest absolute Gasteiger partial charge is 0.272 e. The minimum atomic E-state index is -0.233. The number of rotatable bonds is 7. The van der Waals surface area contributed by atoms with Crippen molar-refractivity contribution in [3.8, 4) is 0 Å². The van der Waals surface area contributed by atoms with Crippen LogP contribution in [0.5, 0.6) is 0 Å². The van der Waals surface area contributed by atoms with E-state index in [2.05, 4.69) is 27.8 Å². The topological polar surface area (TPSA) is 55.6 Å². The SMILES string of the molecule is CCCOC1CCC(N2CCC(Cc3cc(Br)c(C)cc3[N+](=O)[O-])CC2)CC1. The van der Waals surface area contributed by atoms with E-state index in [4.69, 9.17) is 4.74 Å². The summed E-state index contributed by atoms with van der Waals surface area (Å²) in [6.45, 7) is 7.20. The highest BCUT2D eigenvalue weighted by Gasteiger charge is 2.30. The lowest BCUT2D eigenvalue weighted by atomic mass is 9.86. The second-order valence-corrected chi connectivity index (χ2v) is 9.33. The zero-order chi connectivity index (χ0) is 20.1. The first-order valence-corrected chi connectivity index (χ1v) is 11.6. The molecule has 0 spiro atoms. The van der Waals surface area contributed by atoms with Crippen molar-refractivity contribution in [3.63, 3.8) is 0 Å². The van der Waals surface area contributed by atoms with Gasteiger partial charge in [0, 0.05) is 28.8 Å². The van der Waals surface area contributed by atoms with E-state index in [0.29, 0.717) is 18.1 Å². The van der Waals surface area contributed by atoms with Crippen molar-refractivity contribution < 1.29 is 9.66 Å². The summed E-state index contributed by atoms with van der Waals surface area (Å²) in [7, 11) is 0. The molecule has 0 N–H and O–H groups in total. The summed E-state index contributed by atoms with van der Waals surface area (Å²) in [4.78, 5) is 13.9. The van der Waals surface area contributed by atoms with E-state index in [9.17, 15) is 10.1 Å². The average Bonchev–Trinajstić information content (AvgIpc) is 2.70. The van der Waals surface area contributed by atoms with Gasteiger partial charge >= 0.3 is 0 Å². The second kappa shape index (κ2) is 10.2. The molecule has 0 unspecified atom stereocenters. The van der Waals surface area contributed by atoms with Gasteiger partial charge in [-0.05, 0) is 88.9 Å². The molecular weight excluding hydrogens is 420 g/mol. The average molecular weight is 453 g/mol. The summed E-state index contributed by atoms with van der Waals surface area (Å²) >= 11 is 3.54. The van der Waals surface area contributed by atoms with Crippen LogP contribution >= 0.6 is 15.9 Å². The highest BCUT2D eigenvalue weighted by atomic mass is 79.9. The number of benzene rings is 1. The summed E-state index contributed by atoms with van der Waals surface area (Å²) in [6, 6.07) is 4.36. The van der Waals surface area contributed by atoms with Crippen molar-refractivity contribution in [1.29, 1.82) is 0 Å². The Morgan fingerprint density at radius 1 is 1.18 bits per heavy atom.